The first-order valence-electron chi connectivity index (χ1n) is 8.85. The Hall–Kier alpha value is -3.68. The van der Waals surface area contributed by atoms with E-state index in [-0.39, 0.29) is 24.4 Å². The second-order valence-electron chi connectivity index (χ2n) is 6.25. The summed E-state index contributed by atoms with van der Waals surface area (Å²) in [4.78, 5) is 32.5. The van der Waals surface area contributed by atoms with Crippen LogP contribution in [0.4, 0.5) is 14.5 Å². The Kier molecular flexibility index (Phi) is 6.23. The van der Waals surface area contributed by atoms with E-state index in [0.717, 1.165) is 23.4 Å². The molecule has 0 unspecified atom stereocenters. The highest BCUT2D eigenvalue weighted by Gasteiger charge is 2.13. The minimum absolute atomic E-state index is 0.00623. The van der Waals surface area contributed by atoms with Crippen molar-refractivity contribution < 1.29 is 18.4 Å². The second-order valence-corrected chi connectivity index (χ2v) is 6.25. The zero-order valence-electron chi connectivity index (χ0n) is 15.6. The van der Waals surface area contributed by atoms with Gasteiger partial charge < -0.3 is 10.6 Å². The van der Waals surface area contributed by atoms with Crippen molar-refractivity contribution in [2.24, 2.45) is 0 Å². The summed E-state index contributed by atoms with van der Waals surface area (Å²) in [5.74, 6) is -2.11. The van der Waals surface area contributed by atoms with Crippen molar-refractivity contribution in [2.75, 3.05) is 11.9 Å². The van der Waals surface area contributed by atoms with Crippen LogP contribution in [-0.4, -0.2) is 28.3 Å². The molecule has 0 spiro atoms. The maximum Gasteiger partial charge on any atom is 0.254 e. The van der Waals surface area contributed by atoms with Gasteiger partial charge in [0.15, 0.2) is 0 Å². The lowest BCUT2D eigenvalue weighted by Crippen LogP contribution is -2.28. The molecular formula is C21H18F2N4O2. The Bertz CT molecular complexity index is 1060. The standard InChI is InChI=1S/C21H18F2N4O2/c1-13-24-9-7-19(26-13)14-3-2-4-16(11-14)27-20(28)8-10-25-21(29)17-6-5-15(22)12-18(17)23/h2-7,9,11-12H,8,10H2,1H3,(H,25,29)(H,27,28). The minimum Gasteiger partial charge on any atom is -0.351 e. The van der Waals surface area contributed by atoms with Crippen molar-refractivity contribution in [2.45, 2.75) is 13.3 Å². The number of carbonyl (C=O) groups excluding carboxylic acids is 2. The summed E-state index contributed by atoms with van der Waals surface area (Å²) < 4.78 is 26.5. The summed E-state index contributed by atoms with van der Waals surface area (Å²) >= 11 is 0. The third-order valence-electron chi connectivity index (χ3n) is 4.03. The maximum atomic E-state index is 13.6. The Balaban J connectivity index is 1.54. The Morgan fingerprint density at radius 2 is 1.90 bits per heavy atom. The number of nitrogens with zero attached hydrogens (tertiary/aromatic N) is 2. The van der Waals surface area contributed by atoms with Crippen molar-refractivity contribution in [3.63, 3.8) is 0 Å². The van der Waals surface area contributed by atoms with Crippen LogP contribution in [0.2, 0.25) is 0 Å². The highest BCUT2D eigenvalue weighted by atomic mass is 19.1. The average Bonchev–Trinajstić information content (AvgIpc) is 2.68. The van der Waals surface area contributed by atoms with Gasteiger partial charge in [-0.2, -0.15) is 0 Å². The number of halogens is 2. The maximum absolute atomic E-state index is 13.6. The first kappa shape index (κ1) is 20.1. The molecule has 0 saturated heterocycles. The lowest BCUT2D eigenvalue weighted by atomic mass is 10.1. The third kappa shape index (κ3) is 5.41. The number of amides is 2. The molecule has 2 aromatic carbocycles. The van der Waals surface area contributed by atoms with Gasteiger partial charge in [-0.25, -0.2) is 18.7 Å². The molecule has 6 nitrogen and oxygen atoms in total. The normalized spacial score (nSPS) is 10.4. The molecular weight excluding hydrogens is 378 g/mol. The molecule has 148 valence electrons. The van der Waals surface area contributed by atoms with Crippen LogP contribution in [0.1, 0.15) is 22.6 Å². The van der Waals surface area contributed by atoms with Crippen molar-refractivity contribution >= 4 is 17.5 Å². The van der Waals surface area contributed by atoms with E-state index < -0.39 is 17.5 Å². The van der Waals surface area contributed by atoms with Gasteiger partial charge in [0.05, 0.1) is 11.3 Å². The van der Waals surface area contributed by atoms with Crippen LogP contribution in [0.5, 0.6) is 0 Å². The van der Waals surface area contributed by atoms with Gasteiger partial charge in [-0.1, -0.05) is 12.1 Å². The van der Waals surface area contributed by atoms with Gasteiger partial charge in [0.2, 0.25) is 5.91 Å². The Morgan fingerprint density at radius 1 is 1.07 bits per heavy atom. The van der Waals surface area contributed by atoms with Gasteiger partial charge in [0.25, 0.3) is 5.91 Å². The van der Waals surface area contributed by atoms with Crippen molar-refractivity contribution in [3.8, 4) is 11.3 Å². The number of carbonyl (C=O) groups is 2. The quantitative estimate of drug-likeness (QED) is 0.668. The van der Waals surface area contributed by atoms with Gasteiger partial charge in [-0.3, -0.25) is 9.59 Å². The Labute approximate surface area is 166 Å². The van der Waals surface area contributed by atoms with Crippen LogP contribution < -0.4 is 10.6 Å². The first-order chi connectivity index (χ1) is 13.9. The fraction of sp³-hybridized carbons (Fsp3) is 0.143. The zero-order valence-corrected chi connectivity index (χ0v) is 15.6. The molecule has 0 radical (unpaired) electrons. The highest BCUT2D eigenvalue weighted by Crippen LogP contribution is 2.20. The third-order valence-corrected chi connectivity index (χ3v) is 4.03. The topological polar surface area (TPSA) is 84.0 Å². The smallest absolute Gasteiger partial charge is 0.254 e. The molecule has 29 heavy (non-hydrogen) atoms. The summed E-state index contributed by atoms with van der Waals surface area (Å²) in [6.45, 7) is 1.80. The number of benzene rings is 2. The summed E-state index contributed by atoms with van der Waals surface area (Å²) in [5.41, 5.74) is 1.87. The average molecular weight is 396 g/mol. The fourth-order valence-corrected chi connectivity index (χ4v) is 2.66. The number of hydrogen-bond donors (Lipinski definition) is 2. The van der Waals surface area contributed by atoms with Crippen molar-refractivity contribution in [1.82, 2.24) is 15.3 Å². The molecule has 8 heteroatoms. The number of anilines is 1. The molecule has 0 fully saturated rings. The predicted octanol–water partition coefficient (Wildman–Crippen LogP) is 3.49. The molecule has 1 aromatic heterocycles. The van der Waals surface area contributed by atoms with E-state index in [2.05, 4.69) is 20.6 Å². The lowest BCUT2D eigenvalue weighted by Gasteiger charge is -2.09. The molecule has 3 rings (SSSR count). The molecule has 0 bridgehead atoms. The van der Waals surface area contributed by atoms with E-state index in [1.54, 1.807) is 37.4 Å². The zero-order chi connectivity index (χ0) is 20.8. The van der Waals surface area contributed by atoms with Crippen LogP contribution in [0.25, 0.3) is 11.3 Å². The molecule has 1 heterocycles. The van der Waals surface area contributed by atoms with Gasteiger partial charge in [-0.15, -0.1) is 0 Å². The van der Waals surface area contributed by atoms with Gasteiger partial charge >= 0.3 is 0 Å². The van der Waals surface area contributed by atoms with Crippen LogP contribution in [0.3, 0.4) is 0 Å². The summed E-state index contributed by atoms with van der Waals surface area (Å²) in [6.07, 6.45) is 1.65. The highest BCUT2D eigenvalue weighted by molar-refractivity contribution is 5.95. The van der Waals surface area contributed by atoms with Crippen LogP contribution in [-0.2, 0) is 4.79 Å². The summed E-state index contributed by atoms with van der Waals surface area (Å²) in [6, 6.07) is 11.6. The molecule has 3 aromatic rings. The number of aromatic nitrogens is 2. The molecule has 2 amide bonds. The monoisotopic (exact) mass is 396 g/mol. The fourth-order valence-electron chi connectivity index (χ4n) is 2.66. The largest absolute Gasteiger partial charge is 0.351 e. The van der Waals surface area contributed by atoms with Crippen LogP contribution >= 0.6 is 0 Å². The van der Waals surface area contributed by atoms with E-state index >= 15 is 0 Å². The number of rotatable bonds is 6. The second kappa shape index (κ2) is 9.01. The summed E-state index contributed by atoms with van der Waals surface area (Å²) in [7, 11) is 0. The van der Waals surface area contributed by atoms with E-state index in [4.69, 9.17) is 0 Å². The van der Waals surface area contributed by atoms with Crippen LogP contribution in [0.15, 0.2) is 54.7 Å². The summed E-state index contributed by atoms with van der Waals surface area (Å²) in [5, 5.41) is 5.18. The number of hydrogen-bond acceptors (Lipinski definition) is 4. The van der Waals surface area contributed by atoms with Gasteiger partial charge in [0.1, 0.15) is 17.5 Å². The number of aryl methyl sites for hydroxylation is 1. The molecule has 0 atom stereocenters. The van der Waals surface area contributed by atoms with Crippen molar-refractivity contribution in [1.29, 1.82) is 0 Å². The van der Waals surface area contributed by atoms with Crippen LogP contribution in [0, 0.1) is 18.6 Å². The van der Waals surface area contributed by atoms with Gasteiger partial charge in [-0.05, 0) is 37.3 Å². The Morgan fingerprint density at radius 3 is 2.66 bits per heavy atom. The molecule has 2 N–H and O–H groups in total. The molecule has 0 aliphatic rings. The lowest BCUT2D eigenvalue weighted by molar-refractivity contribution is -0.116. The molecule has 0 saturated carbocycles. The van der Waals surface area contributed by atoms with Gasteiger partial charge in [0, 0.05) is 36.5 Å². The van der Waals surface area contributed by atoms with Crippen molar-refractivity contribution in [3.05, 3.63) is 77.8 Å². The first-order valence-corrected chi connectivity index (χ1v) is 8.85. The minimum atomic E-state index is -0.955. The SMILES string of the molecule is Cc1nccc(-c2cccc(NC(=O)CCNC(=O)c3ccc(F)cc3F)c2)n1. The predicted molar refractivity (Wildman–Crippen MR) is 104 cm³/mol. The molecule has 0 aliphatic heterocycles. The molecule has 0 aliphatic carbocycles. The van der Waals surface area contributed by atoms with E-state index in [9.17, 15) is 18.4 Å². The van der Waals surface area contributed by atoms with E-state index in [0.29, 0.717) is 17.6 Å². The van der Waals surface area contributed by atoms with E-state index in [1.807, 2.05) is 6.07 Å². The number of nitrogens with one attached hydrogen (secondary N) is 2. The van der Waals surface area contributed by atoms with E-state index in [1.165, 1.54) is 0 Å².